The Balaban J connectivity index is 1.59. The highest BCUT2D eigenvalue weighted by Crippen LogP contribution is 2.27. The maximum absolute atomic E-state index is 12.7. The van der Waals surface area contributed by atoms with Crippen LogP contribution in [-0.4, -0.2) is 77.9 Å². The van der Waals surface area contributed by atoms with E-state index in [0.717, 1.165) is 18.5 Å². The van der Waals surface area contributed by atoms with E-state index in [0.29, 0.717) is 48.4 Å². The molecule has 10 nitrogen and oxygen atoms in total. The molecule has 1 aliphatic rings. The van der Waals surface area contributed by atoms with Crippen molar-refractivity contribution in [1.82, 2.24) is 25.1 Å². The zero-order chi connectivity index (χ0) is 30.0. The van der Waals surface area contributed by atoms with E-state index in [9.17, 15) is 9.59 Å². The fourth-order valence-electron chi connectivity index (χ4n) is 3.62. The van der Waals surface area contributed by atoms with Crippen LogP contribution in [0.3, 0.4) is 0 Å². The van der Waals surface area contributed by atoms with Gasteiger partial charge in [0, 0.05) is 43.4 Å². The first-order valence-electron chi connectivity index (χ1n) is 13.8. The van der Waals surface area contributed by atoms with Crippen LogP contribution in [0.2, 0.25) is 0 Å². The standard InChI is InChI=1S/C31H40N8O2/c1-22(39(6)27(40)8-7-19-38(4)5)29(41)33-18-17-31(2,3)16-15-24-21-34-30(37-28(24)35-25-13-14-25)36-26-11-9-23(20-32)10-12-26/h7-12,21-22,25H,13-14,17-19H2,1-6H3,(H,33,41)(H2,34,35,36,37)/t22-/m0/s1. The molecule has 1 aromatic carbocycles. The van der Waals surface area contributed by atoms with E-state index in [2.05, 4.69) is 43.8 Å². The summed E-state index contributed by atoms with van der Waals surface area (Å²) in [7, 11) is 5.47. The van der Waals surface area contributed by atoms with Crippen LogP contribution in [0, 0.1) is 28.6 Å². The minimum atomic E-state index is -0.592. The van der Waals surface area contributed by atoms with Crippen LogP contribution in [0.15, 0.2) is 42.6 Å². The van der Waals surface area contributed by atoms with Gasteiger partial charge in [0.15, 0.2) is 0 Å². The molecule has 1 aromatic heterocycles. The van der Waals surface area contributed by atoms with E-state index >= 15 is 0 Å². The number of hydrogen-bond acceptors (Lipinski definition) is 8. The Hall–Kier alpha value is -4.41. The molecule has 1 atom stereocenters. The number of nitrogens with zero attached hydrogens (tertiary/aromatic N) is 5. The summed E-state index contributed by atoms with van der Waals surface area (Å²) in [6, 6.07) is 8.99. The van der Waals surface area contributed by atoms with Gasteiger partial charge in [-0.25, -0.2) is 4.98 Å². The fraction of sp³-hybridized carbons (Fsp3) is 0.452. The molecular weight excluding hydrogens is 516 g/mol. The quantitative estimate of drug-likeness (QED) is 0.268. The summed E-state index contributed by atoms with van der Waals surface area (Å²) in [5, 5.41) is 18.6. The van der Waals surface area contributed by atoms with Crippen molar-refractivity contribution in [3.8, 4) is 17.9 Å². The average molecular weight is 557 g/mol. The maximum atomic E-state index is 12.7. The van der Waals surface area contributed by atoms with Gasteiger partial charge in [-0.1, -0.05) is 17.9 Å². The number of rotatable bonds is 12. The number of carbonyl (C=O) groups excluding carboxylic acids is 2. The van der Waals surface area contributed by atoms with Crippen molar-refractivity contribution in [2.24, 2.45) is 5.41 Å². The van der Waals surface area contributed by atoms with Crippen molar-refractivity contribution in [2.75, 3.05) is 44.9 Å². The second-order valence-electron chi connectivity index (χ2n) is 11.2. The van der Waals surface area contributed by atoms with E-state index in [-0.39, 0.29) is 17.2 Å². The van der Waals surface area contributed by atoms with Crippen molar-refractivity contribution in [1.29, 1.82) is 5.26 Å². The lowest BCUT2D eigenvalue weighted by Gasteiger charge is -2.24. The fourth-order valence-corrected chi connectivity index (χ4v) is 3.62. The Morgan fingerprint density at radius 1 is 1.20 bits per heavy atom. The second kappa shape index (κ2) is 14.3. The van der Waals surface area contributed by atoms with E-state index in [1.807, 2.05) is 45.0 Å². The van der Waals surface area contributed by atoms with Gasteiger partial charge in [0.25, 0.3) is 0 Å². The Morgan fingerprint density at radius 2 is 1.90 bits per heavy atom. The minimum Gasteiger partial charge on any atom is -0.366 e. The van der Waals surface area contributed by atoms with E-state index in [4.69, 9.17) is 5.26 Å². The molecule has 1 heterocycles. The lowest BCUT2D eigenvalue weighted by atomic mass is 9.90. The smallest absolute Gasteiger partial charge is 0.246 e. The molecule has 10 heteroatoms. The molecule has 0 saturated heterocycles. The Labute approximate surface area is 243 Å². The topological polar surface area (TPSA) is 126 Å². The maximum Gasteiger partial charge on any atom is 0.246 e. The van der Waals surface area contributed by atoms with Gasteiger partial charge in [0.1, 0.15) is 11.9 Å². The largest absolute Gasteiger partial charge is 0.366 e. The Kier molecular flexibility index (Phi) is 10.8. The number of carbonyl (C=O) groups is 2. The second-order valence-corrected chi connectivity index (χ2v) is 11.2. The molecule has 2 amide bonds. The van der Waals surface area contributed by atoms with Crippen LogP contribution >= 0.6 is 0 Å². The summed E-state index contributed by atoms with van der Waals surface area (Å²) in [4.78, 5) is 37.5. The van der Waals surface area contributed by atoms with Gasteiger partial charge in [-0.2, -0.15) is 10.2 Å². The SMILES string of the molecule is C[C@@H](C(=O)NCCC(C)(C)C#Cc1cnc(Nc2ccc(C#N)cc2)nc1NC1CC1)N(C)C(=O)C=CCN(C)C. The lowest BCUT2D eigenvalue weighted by molar-refractivity contribution is -0.135. The molecule has 216 valence electrons. The third-order valence-electron chi connectivity index (χ3n) is 6.60. The molecular formula is C31H40N8O2. The first-order valence-corrected chi connectivity index (χ1v) is 13.8. The number of aromatic nitrogens is 2. The van der Waals surface area contributed by atoms with Crippen LogP contribution in [-0.2, 0) is 9.59 Å². The van der Waals surface area contributed by atoms with E-state index in [1.165, 1.54) is 11.0 Å². The molecule has 3 N–H and O–H groups in total. The molecule has 0 unspecified atom stereocenters. The predicted octanol–water partition coefficient (Wildman–Crippen LogP) is 3.51. The molecule has 2 aromatic rings. The summed E-state index contributed by atoms with van der Waals surface area (Å²) in [5.41, 5.74) is 1.69. The van der Waals surface area contributed by atoms with Crippen LogP contribution in [0.5, 0.6) is 0 Å². The number of benzene rings is 1. The lowest BCUT2D eigenvalue weighted by Crippen LogP contribution is -2.46. The summed E-state index contributed by atoms with van der Waals surface area (Å²) in [5.74, 6) is 7.25. The van der Waals surface area contributed by atoms with Gasteiger partial charge in [0.05, 0.1) is 23.4 Å². The monoisotopic (exact) mass is 556 g/mol. The summed E-state index contributed by atoms with van der Waals surface area (Å²) >= 11 is 0. The van der Waals surface area contributed by atoms with Crippen molar-refractivity contribution in [3.05, 3.63) is 53.7 Å². The summed E-state index contributed by atoms with van der Waals surface area (Å²) in [6.07, 6.45) is 7.78. The highest BCUT2D eigenvalue weighted by molar-refractivity contribution is 5.92. The van der Waals surface area contributed by atoms with E-state index < -0.39 is 6.04 Å². The van der Waals surface area contributed by atoms with Gasteiger partial charge in [0.2, 0.25) is 17.8 Å². The number of amides is 2. The molecule has 0 aliphatic heterocycles. The zero-order valence-corrected chi connectivity index (χ0v) is 24.8. The number of likely N-dealkylation sites (N-methyl/N-ethyl adjacent to an activating group) is 2. The van der Waals surface area contributed by atoms with Crippen LogP contribution < -0.4 is 16.0 Å². The molecule has 0 bridgehead atoms. The first kappa shape index (κ1) is 31.1. The van der Waals surface area contributed by atoms with Crippen molar-refractivity contribution in [2.45, 2.75) is 52.1 Å². The minimum absolute atomic E-state index is 0.208. The molecule has 0 radical (unpaired) electrons. The van der Waals surface area contributed by atoms with Gasteiger partial charge in [-0.3, -0.25) is 9.59 Å². The Morgan fingerprint density at radius 3 is 2.54 bits per heavy atom. The van der Waals surface area contributed by atoms with Crippen LogP contribution in [0.1, 0.15) is 51.2 Å². The highest BCUT2D eigenvalue weighted by Gasteiger charge is 2.24. The van der Waals surface area contributed by atoms with Gasteiger partial charge < -0.3 is 25.8 Å². The predicted molar refractivity (Wildman–Crippen MR) is 161 cm³/mol. The number of nitriles is 1. The zero-order valence-electron chi connectivity index (χ0n) is 24.8. The van der Waals surface area contributed by atoms with Gasteiger partial charge in [-0.05, 0) is 78.4 Å². The Bertz CT molecular complexity index is 1340. The molecule has 1 fully saturated rings. The van der Waals surface area contributed by atoms with Crippen molar-refractivity contribution < 1.29 is 9.59 Å². The first-order chi connectivity index (χ1) is 19.5. The van der Waals surface area contributed by atoms with Crippen molar-refractivity contribution in [3.63, 3.8) is 0 Å². The number of hydrogen-bond donors (Lipinski definition) is 3. The third kappa shape index (κ3) is 10.3. The van der Waals surface area contributed by atoms with E-state index in [1.54, 1.807) is 38.4 Å². The molecule has 3 rings (SSSR count). The van der Waals surface area contributed by atoms with Crippen LogP contribution in [0.25, 0.3) is 0 Å². The summed E-state index contributed by atoms with van der Waals surface area (Å²) < 4.78 is 0. The number of anilines is 3. The molecule has 41 heavy (non-hydrogen) atoms. The van der Waals surface area contributed by atoms with Crippen LogP contribution in [0.4, 0.5) is 17.5 Å². The third-order valence-corrected chi connectivity index (χ3v) is 6.60. The van der Waals surface area contributed by atoms with Gasteiger partial charge >= 0.3 is 0 Å². The molecule has 0 spiro atoms. The average Bonchev–Trinajstić information content (AvgIpc) is 3.76. The van der Waals surface area contributed by atoms with Gasteiger partial charge in [-0.15, -0.1) is 0 Å². The number of nitrogens with one attached hydrogen (secondary N) is 3. The normalized spacial score (nSPS) is 13.6. The molecule has 1 saturated carbocycles. The highest BCUT2D eigenvalue weighted by atomic mass is 16.2. The molecule has 1 aliphatic carbocycles. The van der Waals surface area contributed by atoms with Crippen molar-refractivity contribution >= 4 is 29.3 Å². The summed E-state index contributed by atoms with van der Waals surface area (Å²) in [6.45, 7) is 6.85.